The highest BCUT2D eigenvalue weighted by Gasteiger charge is 2.28. The Balaban J connectivity index is 1.40. The maximum absolute atomic E-state index is 12.5. The van der Waals surface area contributed by atoms with Crippen LogP contribution in [0.3, 0.4) is 0 Å². The number of methoxy groups -OCH3 is 2. The molecule has 0 saturated carbocycles. The van der Waals surface area contributed by atoms with E-state index >= 15 is 0 Å². The Morgan fingerprint density at radius 1 is 0.938 bits per heavy atom. The van der Waals surface area contributed by atoms with Crippen LogP contribution in [0.5, 0.6) is 17.2 Å². The zero-order valence-corrected chi connectivity index (χ0v) is 18.3. The van der Waals surface area contributed by atoms with E-state index in [0.717, 1.165) is 22.4 Å². The lowest BCUT2D eigenvalue weighted by Crippen LogP contribution is -2.42. The Kier molecular flexibility index (Phi) is 6.92. The van der Waals surface area contributed by atoms with Crippen molar-refractivity contribution in [1.82, 2.24) is 4.90 Å². The molecule has 0 radical (unpaired) electrons. The number of rotatable bonds is 8. The molecule has 1 fully saturated rings. The molecule has 1 saturated heterocycles. The first-order chi connectivity index (χ1) is 15.7. The fourth-order valence-corrected chi connectivity index (χ4v) is 3.68. The molecule has 1 aliphatic heterocycles. The van der Waals surface area contributed by atoms with E-state index in [2.05, 4.69) is 0 Å². The molecule has 0 aliphatic carbocycles. The van der Waals surface area contributed by atoms with Gasteiger partial charge >= 0.3 is 0 Å². The normalized spacial score (nSPS) is 16.0. The van der Waals surface area contributed by atoms with Gasteiger partial charge < -0.3 is 23.8 Å². The standard InChI is InChI=1S/C26H27NO5/c1-29-23-13-10-21(24(14-23)30-2)15-27-16-25(32-18-26(27)28)20-8-11-22(12-9-20)31-17-19-6-4-3-5-7-19/h3-14,25H,15-18H2,1-2H3/t25-/m0/s1. The van der Waals surface area contributed by atoms with E-state index < -0.39 is 0 Å². The monoisotopic (exact) mass is 433 g/mol. The summed E-state index contributed by atoms with van der Waals surface area (Å²) in [5.74, 6) is 2.16. The van der Waals surface area contributed by atoms with E-state index in [0.29, 0.717) is 31.2 Å². The molecule has 0 N–H and O–H groups in total. The predicted octanol–water partition coefficient (Wildman–Crippen LogP) is 4.38. The van der Waals surface area contributed by atoms with Crippen molar-refractivity contribution in [3.8, 4) is 17.2 Å². The molecule has 0 spiro atoms. The first kappa shape index (κ1) is 21.7. The highest BCUT2D eigenvalue weighted by Crippen LogP contribution is 2.29. The third-order valence-electron chi connectivity index (χ3n) is 5.50. The molecule has 4 rings (SSSR count). The van der Waals surface area contributed by atoms with Gasteiger partial charge in [-0.05, 0) is 35.4 Å². The van der Waals surface area contributed by atoms with Crippen molar-refractivity contribution in [2.45, 2.75) is 19.3 Å². The highest BCUT2D eigenvalue weighted by molar-refractivity contribution is 5.78. The molecule has 1 atom stereocenters. The summed E-state index contributed by atoms with van der Waals surface area (Å²) in [7, 11) is 3.23. The molecule has 1 aliphatic rings. The van der Waals surface area contributed by atoms with Gasteiger partial charge in [-0.15, -0.1) is 0 Å². The fourth-order valence-electron chi connectivity index (χ4n) is 3.68. The number of hydrogen-bond donors (Lipinski definition) is 0. The van der Waals surface area contributed by atoms with Gasteiger partial charge in [0.2, 0.25) is 5.91 Å². The second-order valence-corrected chi connectivity index (χ2v) is 7.59. The largest absolute Gasteiger partial charge is 0.497 e. The lowest BCUT2D eigenvalue weighted by molar-refractivity contribution is -0.150. The Bertz CT molecular complexity index is 1040. The van der Waals surface area contributed by atoms with Crippen LogP contribution < -0.4 is 14.2 Å². The van der Waals surface area contributed by atoms with Gasteiger partial charge in [-0.3, -0.25) is 4.79 Å². The second kappa shape index (κ2) is 10.2. The first-order valence-corrected chi connectivity index (χ1v) is 10.5. The van der Waals surface area contributed by atoms with Crippen LogP contribution in [0.4, 0.5) is 0 Å². The molecular weight excluding hydrogens is 406 g/mol. The van der Waals surface area contributed by atoms with Crippen LogP contribution in [-0.4, -0.2) is 38.2 Å². The van der Waals surface area contributed by atoms with Crippen molar-refractivity contribution in [3.63, 3.8) is 0 Å². The van der Waals surface area contributed by atoms with E-state index in [1.165, 1.54) is 0 Å². The summed E-state index contributed by atoms with van der Waals surface area (Å²) in [6.45, 7) is 1.49. The van der Waals surface area contributed by atoms with Gasteiger partial charge in [-0.2, -0.15) is 0 Å². The van der Waals surface area contributed by atoms with Crippen molar-refractivity contribution >= 4 is 5.91 Å². The van der Waals surface area contributed by atoms with Gasteiger partial charge in [0.25, 0.3) is 0 Å². The number of nitrogens with zero attached hydrogens (tertiary/aromatic N) is 1. The van der Waals surface area contributed by atoms with Crippen LogP contribution in [-0.2, 0) is 22.7 Å². The lowest BCUT2D eigenvalue weighted by atomic mass is 10.1. The van der Waals surface area contributed by atoms with Crippen LogP contribution >= 0.6 is 0 Å². The molecule has 0 aromatic heterocycles. The van der Waals surface area contributed by atoms with Gasteiger partial charge in [-0.25, -0.2) is 0 Å². The van der Waals surface area contributed by atoms with Crippen molar-refractivity contribution in [2.75, 3.05) is 27.4 Å². The zero-order valence-electron chi connectivity index (χ0n) is 18.3. The third kappa shape index (κ3) is 5.21. The molecule has 0 bridgehead atoms. The summed E-state index contributed by atoms with van der Waals surface area (Å²) < 4.78 is 22.4. The first-order valence-electron chi connectivity index (χ1n) is 10.5. The third-order valence-corrected chi connectivity index (χ3v) is 5.50. The summed E-state index contributed by atoms with van der Waals surface area (Å²) in [5, 5.41) is 0. The van der Waals surface area contributed by atoms with Crippen molar-refractivity contribution in [1.29, 1.82) is 0 Å². The lowest BCUT2D eigenvalue weighted by Gasteiger charge is -2.33. The number of carbonyl (C=O) groups excluding carboxylic acids is 1. The fraction of sp³-hybridized carbons (Fsp3) is 0.269. The molecule has 32 heavy (non-hydrogen) atoms. The number of ether oxygens (including phenoxy) is 4. The number of benzene rings is 3. The van der Waals surface area contributed by atoms with E-state index in [9.17, 15) is 4.79 Å². The van der Waals surface area contributed by atoms with Gasteiger partial charge in [0, 0.05) is 18.2 Å². The summed E-state index contributed by atoms with van der Waals surface area (Å²) >= 11 is 0. The van der Waals surface area contributed by atoms with Crippen molar-refractivity contribution in [3.05, 3.63) is 89.5 Å². The van der Waals surface area contributed by atoms with Gasteiger partial charge in [0.05, 0.1) is 20.8 Å². The SMILES string of the molecule is COc1ccc(CN2C[C@@H](c3ccc(OCc4ccccc4)cc3)OCC2=O)c(OC)c1. The molecular formula is C26H27NO5. The minimum Gasteiger partial charge on any atom is -0.497 e. The second-order valence-electron chi connectivity index (χ2n) is 7.59. The quantitative estimate of drug-likeness (QED) is 0.528. The average Bonchev–Trinajstić information content (AvgIpc) is 2.85. The maximum Gasteiger partial charge on any atom is 0.249 e. The van der Waals surface area contributed by atoms with Gasteiger partial charge in [0.15, 0.2) is 0 Å². The summed E-state index contributed by atoms with van der Waals surface area (Å²) in [6.07, 6.45) is -0.194. The Labute approximate surface area is 188 Å². The van der Waals surface area contributed by atoms with Crippen LogP contribution in [0.15, 0.2) is 72.8 Å². The smallest absolute Gasteiger partial charge is 0.249 e. The summed E-state index contributed by atoms with van der Waals surface area (Å²) in [4.78, 5) is 14.3. The van der Waals surface area contributed by atoms with Crippen LogP contribution in [0.2, 0.25) is 0 Å². The minimum atomic E-state index is -0.194. The average molecular weight is 434 g/mol. The van der Waals surface area contributed by atoms with E-state index in [-0.39, 0.29) is 18.6 Å². The Morgan fingerprint density at radius 3 is 2.41 bits per heavy atom. The minimum absolute atomic E-state index is 0.0399. The number of carbonyl (C=O) groups is 1. The van der Waals surface area contributed by atoms with Crippen molar-refractivity contribution < 1.29 is 23.7 Å². The van der Waals surface area contributed by atoms with E-state index in [1.807, 2.05) is 72.8 Å². The zero-order chi connectivity index (χ0) is 22.3. The van der Waals surface area contributed by atoms with Gasteiger partial charge in [0.1, 0.15) is 36.6 Å². The van der Waals surface area contributed by atoms with Crippen LogP contribution in [0.1, 0.15) is 22.8 Å². The molecule has 0 unspecified atom stereocenters. The predicted molar refractivity (Wildman–Crippen MR) is 121 cm³/mol. The molecule has 166 valence electrons. The van der Waals surface area contributed by atoms with E-state index in [1.54, 1.807) is 19.1 Å². The Morgan fingerprint density at radius 2 is 1.69 bits per heavy atom. The number of morpholine rings is 1. The van der Waals surface area contributed by atoms with Crippen molar-refractivity contribution in [2.24, 2.45) is 0 Å². The topological polar surface area (TPSA) is 57.2 Å². The van der Waals surface area contributed by atoms with E-state index in [4.69, 9.17) is 18.9 Å². The Hall–Kier alpha value is -3.51. The summed E-state index contributed by atoms with van der Waals surface area (Å²) in [6, 6.07) is 23.5. The molecule has 6 heteroatoms. The van der Waals surface area contributed by atoms with Gasteiger partial charge in [-0.1, -0.05) is 42.5 Å². The molecule has 3 aromatic carbocycles. The maximum atomic E-state index is 12.5. The molecule has 6 nitrogen and oxygen atoms in total. The molecule has 1 amide bonds. The highest BCUT2D eigenvalue weighted by atomic mass is 16.5. The summed E-state index contributed by atoms with van der Waals surface area (Å²) in [5.41, 5.74) is 3.05. The number of hydrogen-bond acceptors (Lipinski definition) is 5. The number of amides is 1. The molecule has 3 aromatic rings. The van der Waals surface area contributed by atoms with Crippen LogP contribution in [0.25, 0.3) is 0 Å². The molecule has 1 heterocycles. The van der Waals surface area contributed by atoms with Crippen LogP contribution in [0, 0.1) is 0 Å².